The summed E-state index contributed by atoms with van der Waals surface area (Å²) in [5.74, 6) is -0.455. The fourth-order valence-electron chi connectivity index (χ4n) is 4.92. The second kappa shape index (κ2) is 13.0. The van der Waals surface area contributed by atoms with E-state index in [1.807, 2.05) is 24.3 Å². The topological polar surface area (TPSA) is 3.24 Å². The van der Waals surface area contributed by atoms with Crippen LogP contribution in [-0.2, 0) is 6.42 Å². The van der Waals surface area contributed by atoms with Crippen molar-refractivity contribution >= 4 is 26.8 Å². The number of benzene rings is 3. The second-order valence-electron chi connectivity index (χ2n) is 9.33. The lowest BCUT2D eigenvalue weighted by atomic mass is 10.0. The third-order valence-corrected chi connectivity index (χ3v) is 13.2. The fourth-order valence-corrected chi connectivity index (χ4v) is 11.9. The van der Waals surface area contributed by atoms with Crippen LogP contribution in [0.25, 0.3) is 0 Å². The lowest BCUT2D eigenvalue weighted by Gasteiger charge is -2.40. The molecule has 1 aliphatic heterocycles. The van der Waals surface area contributed by atoms with Crippen LogP contribution in [0.3, 0.4) is 0 Å². The average molecular weight is 512 g/mol. The van der Waals surface area contributed by atoms with Gasteiger partial charge in [-0.25, -0.2) is 8.78 Å². The van der Waals surface area contributed by atoms with E-state index in [1.54, 1.807) is 12.1 Å². The summed E-state index contributed by atoms with van der Waals surface area (Å²) in [5, 5.41) is 1.29. The number of unbranched alkanes of at least 4 members (excludes halogenated alkanes) is 2. The van der Waals surface area contributed by atoms with Gasteiger partial charge in [-0.1, -0.05) is 75.2 Å². The highest BCUT2D eigenvalue weighted by molar-refractivity contribution is 7.79. The second-order valence-corrected chi connectivity index (χ2v) is 14.1. The predicted octanol–water partition coefficient (Wildman–Crippen LogP) is 8.69. The van der Waals surface area contributed by atoms with E-state index in [0.717, 1.165) is 38.4 Å². The van der Waals surface area contributed by atoms with E-state index in [0.29, 0.717) is 16.3 Å². The van der Waals surface area contributed by atoms with E-state index in [-0.39, 0.29) is 11.6 Å². The molecule has 0 N–H and O–H groups in total. The van der Waals surface area contributed by atoms with Gasteiger partial charge in [-0.3, -0.25) is 4.44 Å². The van der Waals surface area contributed by atoms with Crippen molar-refractivity contribution in [2.24, 2.45) is 0 Å². The smallest absolute Gasteiger partial charge is 0.132 e. The minimum Gasteiger partial charge on any atom is -0.252 e. The number of halogens is 2. The molecule has 0 spiro atoms. The van der Waals surface area contributed by atoms with Crippen molar-refractivity contribution in [1.82, 2.24) is 4.44 Å². The predicted molar refractivity (Wildman–Crippen MR) is 149 cm³/mol. The van der Waals surface area contributed by atoms with Crippen LogP contribution in [-0.4, -0.2) is 17.1 Å². The first kappa shape index (κ1) is 26.4. The van der Waals surface area contributed by atoms with Gasteiger partial charge in [0.25, 0.3) is 0 Å². The molecule has 0 aliphatic carbocycles. The molecule has 1 aliphatic rings. The van der Waals surface area contributed by atoms with Gasteiger partial charge in [-0.15, -0.1) is 0 Å². The van der Waals surface area contributed by atoms with Crippen LogP contribution in [0.5, 0.6) is 0 Å². The Labute approximate surface area is 212 Å². The molecule has 3 aromatic carbocycles. The Bertz CT molecular complexity index is 1030. The maximum Gasteiger partial charge on any atom is 0.132 e. The molecular weight excluding hydrogens is 474 g/mol. The van der Waals surface area contributed by atoms with Crippen LogP contribution in [0.15, 0.2) is 72.8 Å². The molecule has 1 heterocycles. The molecule has 0 aromatic heterocycles. The Hall–Kier alpha value is -1.66. The zero-order chi connectivity index (χ0) is 24.6. The number of aryl methyl sites for hydroxylation is 1. The van der Waals surface area contributed by atoms with E-state index >= 15 is 8.78 Å². The van der Waals surface area contributed by atoms with Gasteiger partial charge in [0.15, 0.2) is 0 Å². The van der Waals surface area contributed by atoms with Crippen LogP contribution in [0, 0.1) is 11.6 Å². The first-order valence-electron chi connectivity index (χ1n) is 13.1. The zero-order valence-electron chi connectivity index (χ0n) is 21.0. The standard InChI is InChI=1S/C30H37F2NP2/c1-3-5-12-24-18-20-25(21-19-24)28-17-11-23-34(28)33(22-6-4-2)35(29-15-9-7-13-26(29)31)30-16-10-8-14-27(30)32/h7-10,13-16,18-21,28H,3-6,11-12,17,22-23H2,1-2H3/t28-,34?/m0/s1. The molecule has 4 rings (SSSR count). The minimum absolute atomic E-state index is 0.227. The van der Waals surface area contributed by atoms with Gasteiger partial charge in [0.1, 0.15) is 11.6 Å². The molecule has 0 amide bonds. The van der Waals surface area contributed by atoms with Gasteiger partial charge in [-0.2, -0.15) is 0 Å². The summed E-state index contributed by atoms with van der Waals surface area (Å²) in [6.07, 6.45) is 9.10. The molecule has 186 valence electrons. The third-order valence-electron chi connectivity index (χ3n) is 6.81. The maximum absolute atomic E-state index is 15.3. The van der Waals surface area contributed by atoms with Crippen LogP contribution in [0.2, 0.25) is 0 Å². The fraction of sp³-hybridized carbons (Fsp3) is 0.400. The summed E-state index contributed by atoms with van der Waals surface area (Å²) in [6.45, 7) is 5.30. The van der Waals surface area contributed by atoms with Gasteiger partial charge < -0.3 is 0 Å². The molecule has 0 radical (unpaired) electrons. The van der Waals surface area contributed by atoms with E-state index in [2.05, 4.69) is 42.6 Å². The van der Waals surface area contributed by atoms with Gasteiger partial charge in [-0.05, 0) is 81.7 Å². The normalized spacial score (nSPS) is 18.0. The van der Waals surface area contributed by atoms with Crippen molar-refractivity contribution in [2.75, 3.05) is 12.7 Å². The lowest BCUT2D eigenvalue weighted by Crippen LogP contribution is -2.30. The van der Waals surface area contributed by atoms with Crippen molar-refractivity contribution in [3.05, 3.63) is 95.6 Å². The molecule has 1 unspecified atom stereocenters. The molecule has 0 saturated carbocycles. The molecular formula is C30H37F2NP2. The summed E-state index contributed by atoms with van der Waals surface area (Å²) in [6, 6.07) is 23.3. The van der Waals surface area contributed by atoms with Crippen LogP contribution in [0.4, 0.5) is 8.78 Å². The SMILES string of the molecule is CCCCc1ccc([C@@H]2CCCP2N(CCCC)P(c2ccccc2F)c2ccccc2F)cc1. The largest absolute Gasteiger partial charge is 0.252 e. The molecule has 3 aromatic rings. The summed E-state index contributed by atoms with van der Waals surface area (Å²) in [4.78, 5) is 0. The summed E-state index contributed by atoms with van der Waals surface area (Å²) >= 11 is 0. The number of hydrogen-bond acceptors (Lipinski definition) is 1. The van der Waals surface area contributed by atoms with E-state index in [1.165, 1.54) is 42.5 Å². The molecule has 1 nitrogen and oxygen atoms in total. The van der Waals surface area contributed by atoms with Gasteiger partial charge >= 0.3 is 0 Å². The highest BCUT2D eigenvalue weighted by Crippen LogP contribution is 2.68. The van der Waals surface area contributed by atoms with Crippen molar-refractivity contribution in [2.45, 2.75) is 64.5 Å². The van der Waals surface area contributed by atoms with Crippen LogP contribution in [0.1, 0.15) is 69.2 Å². The Morgan fingerprint density at radius 3 is 2.00 bits per heavy atom. The first-order chi connectivity index (χ1) is 17.1. The maximum atomic E-state index is 15.3. The van der Waals surface area contributed by atoms with Gasteiger partial charge in [0.05, 0.1) is 0 Å². The number of nitrogens with zero attached hydrogens (tertiary/aromatic N) is 1. The summed E-state index contributed by atoms with van der Waals surface area (Å²) < 4.78 is 33.1. The Kier molecular flexibility index (Phi) is 9.84. The van der Waals surface area contributed by atoms with Gasteiger partial charge in [0.2, 0.25) is 0 Å². The van der Waals surface area contributed by atoms with Crippen LogP contribution >= 0.6 is 16.1 Å². The van der Waals surface area contributed by atoms with Crippen LogP contribution < -0.4 is 10.6 Å². The Morgan fingerprint density at radius 1 is 0.829 bits per heavy atom. The molecule has 1 fully saturated rings. The Balaban J connectivity index is 1.74. The summed E-state index contributed by atoms with van der Waals surface area (Å²) in [5.41, 5.74) is 3.25. The van der Waals surface area contributed by atoms with Crippen molar-refractivity contribution in [3.8, 4) is 0 Å². The van der Waals surface area contributed by atoms with E-state index < -0.39 is 16.1 Å². The van der Waals surface area contributed by atoms with Crippen molar-refractivity contribution in [3.63, 3.8) is 0 Å². The minimum atomic E-state index is -1.30. The summed E-state index contributed by atoms with van der Waals surface area (Å²) in [7, 11) is -1.86. The first-order valence-corrected chi connectivity index (χ1v) is 15.9. The lowest BCUT2D eigenvalue weighted by molar-refractivity contribution is 0.619. The molecule has 0 bridgehead atoms. The zero-order valence-corrected chi connectivity index (χ0v) is 22.8. The Morgan fingerprint density at radius 2 is 1.43 bits per heavy atom. The number of hydrogen-bond donors (Lipinski definition) is 0. The molecule has 1 saturated heterocycles. The number of rotatable bonds is 11. The third kappa shape index (κ3) is 6.37. The van der Waals surface area contributed by atoms with E-state index in [4.69, 9.17) is 0 Å². The molecule has 2 atom stereocenters. The average Bonchev–Trinajstić information content (AvgIpc) is 3.37. The quantitative estimate of drug-likeness (QED) is 0.233. The highest BCUT2D eigenvalue weighted by atomic mass is 31.2. The van der Waals surface area contributed by atoms with Gasteiger partial charge in [0, 0.05) is 30.9 Å². The van der Waals surface area contributed by atoms with E-state index in [9.17, 15) is 0 Å². The highest BCUT2D eigenvalue weighted by Gasteiger charge is 2.38. The molecule has 5 heteroatoms. The van der Waals surface area contributed by atoms with Crippen molar-refractivity contribution in [1.29, 1.82) is 0 Å². The monoisotopic (exact) mass is 511 g/mol. The van der Waals surface area contributed by atoms with Crippen molar-refractivity contribution < 1.29 is 8.78 Å². The molecule has 35 heavy (non-hydrogen) atoms.